The zero-order valence-electron chi connectivity index (χ0n) is 21.3. The minimum atomic E-state index is -5.00. The highest BCUT2D eigenvalue weighted by Gasteiger charge is 2.35. The summed E-state index contributed by atoms with van der Waals surface area (Å²) in [6.45, 7) is 5.01. The van der Waals surface area contributed by atoms with Crippen molar-refractivity contribution in [2.24, 2.45) is 0 Å². The monoisotopic (exact) mass is 550 g/mol. The van der Waals surface area contributed by atoms with Gasteiger partial charge in [-0.2, -0.15) is 13.2 Å². The van der Waals surface area contributed by atoms with E-state index in [1.54, 1.807) is 20.8 Å². The molecule has 1 aromatic heterocycles. The Bertz CT molecular complexity index is 1360. The molecule has 39 heavy (non-hydrogen) atoms. The molecule has 1 amide bonds. The van der Waals surface area contributed by atoms with Gasteiger partial charge in [0.25, 0.3) is 0 Å². The molecular formula is C26H24F4N3O6-. The molecule has 1 heterocycles. The summed E-state index contributed by atoms with van der Waals surface area (Å²) in [5.74, 6) is -3.49. The summed E-state index contributed by atoms with van der Waals surface area (Å²) in [6, 6.07) is 7.33. The van der Waals surface area contributed by atoms with Crippen LogP contribution in [0.15, 0.2) is 54.9 Å². The van der Waals surface area contributed by atoms with Gasteiger partial charge < -0.3 is 24.3 Å². The molecule has 0 fully saturated rings. The molecule has 0 aliphatic rings. The fourth-order valence-corrected chi connectivity index (χ4v) is 3.56. The summed E-state index contributed by atoms with van der Waals surface area (Å²) in [5.41, 5.74) is -2.44. The van der Waals surface area contributed by atoms with E-state index in [0.717, 1.165) is 10.6 Å². The predicted octanol–water partition coefficient (Wildman–Crippen LogP) is 4.45. The lowest BCUT2D eigenvalue weighted by Gasteiger charge is -2.28. The van der Waals surface area contributed by atoms with Crippen LogP contribution in [0.5, 0.6) is 5.75 Å². The van der Waals surface area contributed by atoms with Crippen molar-refractivity contribution in [1.82, 2.24) is 14.5 Å². The van der Waals surface area contributed by atoms with E-state index in [-0.39, 0.29) is 18.1 Å². The van der Waals surface area contributed by atoms with Crippen molar-refractivity contribution in [3.63, 3.8) is 0 Å². The zero-order chi connectivity index (χ0) is 29.1. The normalized spacial score (nSPS) is 12.5. The highest BCUT2D eigenvalue weighted by molar-refractivity contribution is 5.91. The first-order valence-electron chi connectivity index (χ1n) is 11.4. The van der Waals surface area contributed by atoms with Crippen molar-refractivity contribution in [2.45, 2.75) is 38.5 Å². The van der Waals surface area contributed by atoms with Gasteiger partial charge in [-0.25, -0.2) is 19.0 Å². The number of hydrogen-bond acceptors (Lipinski definition) is 7. The molecule has 0 aliphatic heterocycles. The maximum atomic E-state index is 13.5. The number of esters is 1. The molecule has 0 saturated heterocycles. The Labute approximate surface area is 220 Å². The second kappa shape index (κ2) is 11.1. The van der Waals surface area contributed by atoms with Gasteiger partial charge in [0.05, 0.1) is 17.0 Å². The van der Waals surface area contributed by atoms with Gasteiger partial charge in [-0.15, -0.1) is 0 Å². The Morgan fingerprint density at radius 3 is 2.28 bits per heavy atom. The molecular weight excluding hydrogens is 526 g/mol. The minimum absolute atomic E-state index is 0.0427. The number of alkyl halides is 3. The third-order valence-electron chi connectivity index (χ3n) is 5.34. The topological polar surface area (TPSA) is 114 Å². The van der Waals surface area contributed by atoms with Crippen LogP contribution in [0.1, 0.15) is 54.0 Å². The smallest absolute Gasteiger partial charge is 0.419 e. The number of carbonyl (C=O) groups excluding carboxylic acids is 3. The average Bonchev–Trinajstić information content (AvgIpc) is 3.31. The van der Waals surface area contributed by atoms with Crippen LogP contribution in [0.4, 0.5) is 27.2 Å². The maximum Gasteiger partial charge on any atom is 0.419 e. The number of rotatable bonds is 6. The van der Waals surface area contributed by atoms with Crippen LogP contribution < -0.4 is 9.84 Å². The molecule has 0 aliphatic carbocycles. The van der Waals surface area contributed by atoms with Crippen LogP contribution in [-0.2, 0) is 10.9 Å². The highest BCUT2D eigenvalue weighted by Crippen LogP contribution is 2.32. The van der Waals surface area contributed by atoms with Gasteiger partial charge >= 0.3 is 18.2 Å². The largest absolute Gasteiger partial charge is 0.529 e. The number of likely N-dealkylation sites (N-methyl/N-ethyl adjacent to an activating group) is 1. The van der Waals surface area contributed by atoms with E-state index in [0.29, 0.717) is 17.7 Å². The van der Waals surface area contributed by atoms with Crippen LogP contribution in [0.2, 0.25) is 0 Å². The van der Waals surface area contributed by atoms with Gasteiger partial charge in [0.15, 0.2) is 0 Å². The first kappa shape index (κ1) is 29.1. The average molecular weight is 550 g/mol. The second-order valence-corrected chi connectivity index (χ2v) is 9.49. The molecule has 1 atom stereocenters. The van der Waals surface area contributed by atoms with Crippen LogP contribution in [0.25, 0.3) is 0 Å². The van der Waals surface area contributed by atoms with Gasteiger partial charge in [-0.05, 0) is 56.7 Å². The first-order chi connectivity index (χ1) is 18.1. The van der Waals surface area contributed by atoms with Crippen molar-refractivity contribution in [3.05, 3.63) is 83.2 Å². The lowest BCUT2D eigenvalue weighted by Crippen LogP contribution is -2.38. The highest BCUT2D eigenvalue weighted by atomic mass is 19.4. The number of carbonyl (C=O) groups is 3. The molecule has 0 bridgehead atoms. The Morgan fingerprint density at radius 1 is 1.08 bits per heavy atom. The quantitative estimate of drug-likeness (QED) is 0.253. The summed E-state index contributed by atoms with van der Waals surface area (Å²) in [7, 11) is 1.46. The number of imidazole rings is 1. The standard InChI is InChI=1S/C26H25F4N3O6/c1-25(2,3)39-24(37)32(4)14-18(21-31-11-12-33(21)23(35)36)15-5-8-17(9-6-15)38-22(34)16-7-10-20(27)19(13-16)26(28,29)30/h5-13,18H,14H2,1-4H3,(H,35,36)/p-1. The van der Waals surface area contributed by atoms with E-state index >= 15 is 0 Å². The lowest BCUT2D eigenvalue weighted by molar-refractivity contribution is -0.250. The number of amides is 1. The summed E-state index contributed by atoms with van der Waals surface area (Å²) < 4.78 is 63.8. The molecule has 3 aromatic rings. The van der Waals surface area contributed by atoms with E-state index < -0.39 is 52.8 Å². The number of halogens is 4. The van der Waals surface area contributed by atoms with Crippen molar-refractivity contribution >= 4 is 18.2 Å². The van der Waals surface area contributed by atoms with E-state index in [9.17, 15) is 37.1 Å². The van der Waals surface area contributed by atoms with Gasteiger partial charge in [0.2, 0.25) is 0 Å². The van der Waals surface area contributed by atoms with Crippen molar-refractivity contribution in [1.29, 1.82) is 0 Å². The Kier molecular flexibility index (Phi) is 8.32. The van der Waals surface area contributed by atoms with Crippen LogP contribution >= 0.6 is 0 Å². The molecule has 2 aromatic carbocycles. The number of carboxylic acid groups (broad SMARTS) is 1. The number of nitrogens with zero attached hydrogens (tertiary/aromatic N) is 3. The van der Waals surface area contributed by atoms with Crippen molar-refractivity contribution in [3.8, 4) is 5.75 Å². The van der Waals surface area contributed by atoms with Crippen LogP contribution in [0.3, 0.4) is 0 Å². The van der Waals surface area contributed by atoms with Crippen LogP contribution in [-0.4, -0.2) is 51.8 Å². The van der Waals surface area contributed by atoms with Crippen molar-refractivity contribution < 1.29 is 46.5 Å². The molecule has 13 heteroatoms. The molecule has 1 unspecified atom stereocenters. The summed E-state index contributed by atoms with van der Waals surface area (Å²) in [5, 5.41) is 11.6. The molecule has 0 spiro atoms. The summed E-state index contributed by atoms with van der Waals surface area (Å²) in [4.78, 5) is 41.9. The lowest BCUT2D eigenvalue weighted by atomic mass is 9.97. The Hall–Kier alpha value is -4.42. The number of benzene rings is 2. The SMILES string of the molecule is CN(CC(c1ccc(OC(=O)c2ccc(F)c(C(F)(F)F)c2)cc1)c1nccn1C(=O)[O-])C(=O)OC(C)(C)C. The van der Waals surface area contributed by atoms with Crippen molar-refractivity contribution in [2.75, 3.05) is 13.6 Å². The molecule has 3 rings (SSSR count). The third kappa shape index (κ3) is 7.33. The number of aromatic nitrogens is 2. The number of ether oxygens (including phenoxy) is 2. The van der Waals surface area contributed by atoms with Gasteiger partial charge in [0, 0.05) is 26.0 Å². The van der Waals surface area contributed by atoms with Gasteiger partial charge in [-0.1, -0.05) is 12.1 Å². The van der Waals surface area contributed by atoms with Gasteiger partial charge in [0.1, 0.15) is 29.1 Å². The Morgan fingerprint density at radius 2 is 1.72 bits per heavy atom. The zero-order valence-corrected chi connectivity index (χ0v) is 21.3. The number of hydrogen-bond donors (Lipinski definition) is 0. The first-order valence-corrected chi connectivity index (χ1v) is 11.4. The predicted molar refractivity (Wildman–Crippen MR) is 127 cm³/mol. The molecule has 0 N–H and O–H groups in total. The molecule has 9 nitrogen and oxygen atoms in total. The Balaban J connectivity index is 1.87. The minimum Gasteiger partial charge on any atom is -0.529 e. The molecule has 0 radical (unpaired) electrons. The van der Waals surface area contributed by atoms with E-state index in [2.05, 4.69) is 4.98 Å². The fraction of sp³-hybridized carbons (Fsp3) is 0.308. The second-order valence-electron chi connectivity index (χ2n) is 9.49. The van der Waals surface area contributed by atoms with Crippen LogP contribution in [0, 0.1) is 5.82 Å². The van der Waals surface area contributed by atoms with E-state index in [1.807, 2.05) is 0 Å². The summed E-state index contributed by atoms with van der Waals surface area (Å²) in [6.07, 6.45) is -4.78. The summed E-state index contributed by atoms with van der Waals surface area (Å²) >= 11 is 0. The third-order valence-corrected chi connectivity index (χ3v) is 5.34. The maximum absolute atomic E-state index is 13.5. The van der Waals surface area contributed by atoms with E-state index in [4.69, 9.17) is 9.47 Å². The molecule has 208 valence electrons. The fourth-order valence-electron chi connectivity index (χ4n) is 3.56. The van der Waals surface area contributed by atoms with E-state index in [1.165, 1.54) is 48.6 Å². The van der Waals surface area contributed by atoms with Gasteiger partial charge in [-0.3, -0.25) is 4.57 Å². The molecule has 0 saturated carbocycles.